The van der Waals surface area contributed by atoms with E-state index in [2.05, 4.69) is 24.3 Å². The van der Waals surface area contributed by atoms with Gasteiger partial charge in [-0.1, -0.05) is 59.7 Å². The zero-order valence-electron chi connectivity index (χ0n) is 19.7. The summed E-state index contributed by atoms with van der Waals surface area (Å²) in [5.74, 6) is 0. The molecule has 166 valence electrons. The molecule has 4 nitrogen and oxygen atoms in total. The first-order chi connectivity index (χ1) is 17.5. The number of nitrogens with zero attached hydrogens (tertiary/aromatic N) is 4. The Hall–Kier alpha value is -5.42. The SMILES string of the molecule is Cc1ccc(-c2c(C#N)c(C#N)cc3cc4c(-c5ccc(C)cc5)c(C#N)c(C#N)cc4cc23)cc1. The molecule has 4 heteroatoms. The van der Waals surface area contributed by atoms with Crippen molar-refractivity contribution in [2.24, 2.45) is 0 Å². The van der Waals surface area contributed by atoms with Crippen molar-refractivity contribution >= 4 is 21.5 Å². The third-order valence-electron chi connectivity index (χ3n) is 6.54. The number of hydrogen-bond acceptors (Lipinski definition) is 4. The van der Waals surface area contributed by atoms with E-state index in [9.17, 15) is 21.0 Å². The molecule has 5 aromatic rings. The molecular weight excluding hydrogens is 440 g/mol. The molecule has 0 bridgehead atoms. The minimum absolute atomic E-state index is 0.297. The van der Waals surface area contributed by atoms with Gasteiger partial charge >= 0.3 is 0 Å². The van der Waals surface area contributed by atoms with Gasteiger partial charge in [-0.3, -0.25) is 0 Å². The fourth-order valence-corrected chi connectivity index (χ4v) is 4.75. The Morgan fingerprint density at radius 2 is 0.833 bits per heavy atom. The van der Waals surface area contributed by atoms with E-state index in [0.717, 1.165) is 43.8 Å². The van der Waals surface area contributed by atoms with Crippen molar-refractivity contribution < 1.29 is 0 Å². The summed E-state index contributed by atoms with van der Waals surface area (Å²) in [7, 11) is 0. The largest absolute Gasteiger partial charge is 0.192 e. The summed E-state index contributed by atoms with van der Waals surface area (Å²) >= 11 is 0. The Balaban J connectivity index is 1.98. The molecule has 0 unspecified atom stereocenters. The molecule has 36 heavy (non-hydrogen) atoms. The molecule has 5 rings (SSSR count). The summed E-state index contributed by atoms with van der Waals surface area (Å²) in [6.45, 7) is 3.99. The molecule has 0 saturated carbocycles. The molecule has 0 radical (unpaired) electrons. The number of aryl methyl sites for hydroxylation is 2. The van der Waals surface area contributed by atoms with Crippen molar-refractivity contribution in [3.05, 3.63) is 106 Å². The van der Waals surface area contributed by atoms with Crippen LogP contribution in [0.25, 0.3) is 43.8 Å². The molecule has 0 saturated heterocycles. The maximum absolute atomic E-state index is 10.0. The molecule has 0 heterocycles. The molecular formula is C32H18N4. The van der Waals surface area contributed by atoms with Gasteiger partial charge in [0.05, 0.1) is 22.3 Å². The molecule has 0 N–H and O–H groups in total. The Kier molecular flexibility index (Phi) is 5.43. The zero-order valence-corrected chi connectivity index (χ0v) is 19.7. The van der Waals surface area contributed by atoms with Crippen LogP contribution >= 0.6 is 0 Å². The second kappa shape index (κ2) is 8.74. The van der Waals surface area contributed by atoms with E-state index >= 15 is 0 Å². The van der Waals surface area contributed by atoms with E-state index in [1.54, 1.807) is 12.1 Å². The molecule has 0 fully saturated rings. The van der Waals surface area contributed by atoms with Gasteiger partial charge < -0.3 is 0 Å². The molecule has 0 spiro atoms. The van der Waals surface area contributed by atoms with Crippen LogP contribution in [-0.2, 0) is 0 Å². The van der Waals surface area contributed by atoms with Crippen LogP contribution in [0.2, 0.25) is 0 Å². The lowest BCUT2D eigenvalue weighted by atomic mass is 9.85. The summed E-state index contributed by atoms with van der Waals surface area (Å²) < 4.78 is 0. The van der Waals surface area contributed by atoms with Gasteiger partial charge in [0.1, 0.15) is 24.3 Å². The number of hydrogen-bond donors (Lipinski definition) is 0. The highest BCUT2D eigenvalue weighted by atomic mass is 14.3. The summed E-state index contributed by atoms with van der Waals surface area (Å²) in [4.78, 5) is 0. The van der Waals surface area contributed by atoms with Crippen LogP contribution in [0.15, 0.2) is 72.8 Å². The predicted molar refractivity (Wildman–Crippen MR) is 141 cm³/mol. The average Bonchev–Trinajstić information content (AvgIpc) is 2.90. The molecule has 0 atom stereocenters. The van der Waals surface area contributed by atoms with E-state index in [4.69, 9.17) is 0 Å². The molecule has 0 aliphatic rings. The zero-order chi connectivity index (χ0) is 25.4. The quantitative estimate of drug-likeness (QED) is 0.257. The third kappa shape index (κ3) is 3.52. The monoisotopic (exact) mass is 458 g/mol. The summed E-state index contributed by atoms with van der Waals surface area (Å²) in [6.07, 6.45) is 0. The van der Waals surface area contributed by atoms with Gasteiger partial charge in [0.15, 0.2) is 0 Å². The van der Waals surface area contributed by atoms with Gasteiger partial charge in [-0.2, -0.15) is 21.0 Å². The van der Waals surface area contributed by atoms with Crippen molar-refractivity contribution in [2.45, 2.75) is 13.8 Å². The Morgan fingerprint density at radius 3 is 1.14 bits per heavy atom. The van der Waals surface area contributed by atoms with Gasteiger partial charge in [0.25, 0.3) is 0 Å². The molecule has 0 aromatic heterocycles. The first-order valence-corrected chi connectivity index (χ1v) is 11.3. The minimum atomic E-state index is 0.297. The first-order valence-electron chi connectivity index (χ1n) is 11.3. The first kappa shape index (κ1) is 22.4. The fourth-order valence-electron chi connectivity index (χ4n) is 4.75. The maximum Gasteiger partial charge on any atom is 0.101 e. The van der Waals surface area contributed by atoms with Crippen LogP contribution in [0, 0.1) is 59.2 Å². The van der Waals surface area contributed by atoms with Crippen molar-refractivity contribution in [2.75, 3.05) is 0 Å². The van der Waals surface area contributed by atoms with Crippen LogP contribution < -0.4 is 0 Å². The van der Waals surface area contributed by atoms with E-state index < -0.39 is 0 Å². The van der Waals surface area contributed by atoms with Gasteiger partial charge in [0.2, 0.25) is 0 Å². The van der Waals surface area contributed by atoms with Crippen molar-refractivity contribution in [1.29, 1.82) is 21.0 Å². The molecule has 0 aliphatic heterocycles. The van der Waals surface area contributed by atoms with Gasteiger partial charge in [-0.05, 0) is 70.8 Å². The minimum Gasteiger partial charge on any atom is -0.192 e. The van der Waals surface area contributed by atoms with E-state index in [0.29, 0.717) is 33.4 Å². The molecule has 0 amide bonds. The number of nitriles is 4. The van der Waals surface area contributed by atoms with Crippen molar-refractivity contribution in [3.63, 3.8) is 0 Å². The lowest BCUT2D eigenvalue weighted by molar-refractivity contribution is 1.43. The van der Waals surface area contributed by atoms with Gasteiger partial charge in [-0.15, -0.1) is 0 Å². The van der Waals surface area contributed by atoms with Crippen LogP contribution in [0.3, 0.4) is 0 Å². The Labute approximate surface area is 209 Å². The summed E-state index contributed by atoms with van der Waals surface area (Å²) in [5, 5.41) is 42.9. The molecule has 5 aromatic carbocycles. The third-order valence-corrected chi connectivity index (χ3v) is 6.54. The van der Waals surface area contributed by atoms with Crippen LogP contribution in [0.5, 0.6) is 0 Å². The Bertz CT molecular complexity index is 1730. The van der Waals surface area contributed by atoms with Crippen molar-refractivity contribution in [3.8, 4) is 46.5 Å². The Morgan fingerprint density at radius 1 is 0.472 bits per heavy atom. The second-order valence-corrected chi connectivity index (χ2v) is 8.82. The number of benzene rings is 5. The average molecular weight is 459 g/mol. The van der Waals surface area contributed by atoms with Crippen LogP contribution in [0.4, 0.5) is 0 Å². The standard InChI is InChI=1S/C32H18N4/c1-19-3-7-21(8-4-19)31-27-13-24-12-26(16-34)30(18-36)32(22-9-5-20(2)6-10-22)28(24)14-23(27)11-25(15-33)29(31)17-35/h3-14H,1-2H3. The number of fused-ring (bicyclic) bond motifs is 2. The molecule has 0 aliphatic carbocycles. The van der Waals surface area contributed by atoms with Crippen molar-refractivity contribution in [1.82, 2.24) is 0 Å². The smallest absolute Gasteiger partial charge is 0.101 e. The van der Waals surface area contributed by atoms with E-state index in [-0.39, 0.29) is 0 Å². The highest BCUT2D eigenvalue weighted by Gasteiger charge is 2.20. The highest BCUT2D eigenvalue weighted by molar-refractivity contribution is 6.12. The maximum atomic E-state index is 10.0. The van der Waals surface area contributed by atoms with E-state index in [1.807, 2.05) is 74.5 Å². The lowest BCUT2D eigenvalue weighted by Crippen LogP contribution is -1.96. The second-order valence-electron chi connectivity index (χ2n) is 8.82. The normalized spacial score (nSPS) is 10.4. The van der Waals surface area contributed by atoms with Gasteiger partial charge in [-0.25, -0.2) is 0 Å². The number of rotatable bonds is 2. The topological polar surface area (TPSA) is 95.2 Å². The lowest BCUT2D eigenvalue weighted by Gasteiger charge is -2.16. The highest BCUT2D eigenvalue weighted by Crippen LogP contribution is 2.41. The van der Waals surface area contributed by atoms with E-state index in [1.165, 1.54) is 0 Å². The van der Waals surface area contributed by atoms with Gasteiger partial charge in [0, 0.05) is 11.1 Å². The van der Waals surface area contributed by atoms with Crippen LogP contribution in [0.1, 0.15) is 33.4 Å². The summed E-state index contributed by atoms with van der Waals surface area (Å²) in [6, 6.07) is 31.9. The fraction of sp³-hybridized carbons (Fsp3) is 0.0625. The predicted octanol–water partition coefficient (Wildman–Crippen LogP) is 7.43. The van der Waals surface area contributed by atoms with Crippen LogP contribution in [-0.4, -0.2) is 0 Å². The summed E-state index contributed by atoms with van der Waals surface area (Å²) in [5.41, 5.74) is 6.47.